The largest absolute Gasteiger partial charge is 0.303 e. The second kappa shape index (κ2) is 14.2. The van der Waals surface area contributed by atoms with Crippen molar-refractivity contribution in [2.45, 2.75) is 64.2 Å². The normalized spacial score (nSPS) is 10.8. The summed E-state index contributed by atoms with van der Waals surface area (Å²) >= 11 is 0. The zero-order valence-corrected chi connectivity index (χ0v) is 10.5. The molecule has 0 atom stereocenters. The zero-order chi connectivity index (χ0) is 11.9. The summed E-state index contributed by atoms with van der Waals surface area (Å²) in [6.07, 6.45) is 19.2. The molecule has 0 aliphatic carbocycles. The van der Waals surface area contributed by atoms with Crippen LogP contribution in [-0.4, -0.2) is 6.29 Å². The van der Waals surface area contributed by atoms with Crippen molar-refractivity contribution in [2.75, 3.05) is 0 Å². The van der Waals surface area contributed by atoms with Crippen LogP contribution in [0.5, 0.6) is 0 Å². The van der Waals surface area contributed by atoms with Crippen molar-refractivity contribution in [3.63, 3.8) is 0 Å². The van der Waals surface area contributed by atoms with Crippen molar-refractivity contribution in [3.05, 3.63) is 24.8 Å². The predicted octanol–water partition coefficient (Wildman–Crippen LogP) is 4.83. The molecular weight excluding hydrogens is 196 g/mol. The second-order valence-corrected chi connectivity index (χ2v) is 4.20. The smallest absolute Gasteiger partial charge is 0.120 e. The first-order valence-electron chi connectivity index (χ1n) is 6.61. The van der Waals surface area contributed by atoms with Gasteiger partial charge in [-0.1, -0.05) is 43.9 Å². The molecule has 0 saturated carbocycles. The summed E-state index contributed by atoms with van der Waals surface area (Å²) in [7, 11) is 0. The van der Waals surface area contributed by atoms with Crippen LogP contribution in [0.4, 0.5) is 0 Å². The lowest BCUT2D eigenvalue weighted by Crippen LogP contribution is -1.79. The van der Waals surface area contributed by atoms with Gasteiger partial charge in [0.2, 0.25) is 0 Å². The van der Waals surface area contributed by atoms with Crippen LogP contribution in [0.1, 0.15) is 64.2 Å². The highest BCUT2D eigenvalue weighted by Gasteiger charge is 1.89. The average molecular weight is 222 g/mol. The van der Waals surface area contributed by atoms with Gasteiger partial charge in [-0.05, 0) is 32.1 Å². The summed E-state index contributed by atoms with van der Waals surface area (Å²) in [6.45, 7) is 3.72. The van der Waals surface area contributed by atoms with Crippen molar-refractivity contribution in [1.82, 2.24) is 0 Å². The van der Waals surface area contributed by atoms with Crippen LogP contribution in [-0.2, 0) is 4.79 Å². The number of hydrogen-bond donors (Lipinski definition) is 0. The Bertz CT molecular complexity index is 182. The van der Waals surface area contributed by atoms with Crippen LogP contribution in [0.2, 0.25) is 0 Å². The number of hydrogen-bond acceptors (Lipinski definition) is 1. The highest BCUT2D eigenvalue weighted by atomic mass is 16.1. The minimum Gasteiger partial charge on any atom is -0.303 e. The van der Waals surface area contributed by atoms with Gasteiger partial charge in [0.25, 0.3) is 0 Å². The molecule has 0 heterocycles. The van der Waals surface area contributed by atoms with Crippen molar-refractivity contribution in [1.29, 1.82) is 0 Å². The maximum Gasteiger partial charge on any atom is 0.120 e. The molecule has 0 radical (unpaired) electrons. The summed E-state index contributed by atoms with van der Waals surface area (Å²) in [5, 5.41) is 0. The number of unbranched alkanes of at least 4 members (excludes halogenated alkanes) is 8. The Kier molecular flexibility index (Phi) is 13.4. The average Bonchev–Trinajstić information content (AvgIpc) is 2.31. The molecule has 0 bridgehead atoms. The zero-order valence-electron chi connectivity index (χ0n) is 10.5. The summed E-state index contributed by atoms with van der Waals surface area (Å²) in [6, 6.07) is 0. The minimum absolute atomic E-state index is 0.666. The molecule has 1 nitrogen and oxygen atoms in total. The van der Waals surface area contributed by atoms with E-state index in [4.69, 9.17) is 0 Å². The van der Waals surface area contributed by atoms with E-state index in [1.54, 1.807) is 0 Å². The predicted molar refractivity (Wildman–Crippen MR) is 71.6 cm³/mol. The van der Waals surface area contributed by atoms with Gasteiger partial charge in [-0.25, -0.2) is 0 Å². The van der Waals surface area contributed by atoms with Crippen molar-refractivity contribution in [3.8, 4) is 0 Å². The van der Waals surface area contributed by atoms with Crippen LogP contribution < -0.4 is 0 Å². The Hall–Kier alpha value is -0.850. The molecule has 0 fully saturated rings. The van der Waals surface area contributed by atoms with Crippen molar-refractivity contribution >= 4 is 6.29 Å². The fourth-order valence-electron chi connectivity index (χ4n) is 1.66. The lowest BCUT2D eigenvalue weighted by Gasteiger charge is -1.98. The van der Waals surface area contributed by atoms with Gasteiger partial charge in [-0.3, -0.25) is 0 Å². The third kappa shape index (κ3) is 13.2. The first kappa shape index (κ1) is 15.2. The first-order valence-corrected chi connectivity index (χ1v) is 6.61. The van der Waals surface area contributed by atoms with E-state index in [-0.39, 0.29) is 0 Å². The number of allylic oxidation sites excluding steroid dienone is 3. The van der Waals surface area contributed by atoms with E-state index < -0.39 is 0 Å². The lowest BCUT2D eigenvalue weighted by molar-refractivity contribution is -0.107. The monoisotopic (exact) mass is 222 g/mol. The molecule has 0 saturated heterocycles. The van der Waals surface area contributed by atoms with Crippen LogP contribution >= 0.6 is 0 Å². The molecule has 0 aromatic heterocycles. The Morgan fingerprint density at radius 1 is 0.688 bits per heavy atom. The van der Waals surface area contributed by atoms with E-state index in [2.05, 4.69) is 18.7 Å². The highest BCUT2D eigenvalue weighted by molar-refractivity contribution is 5.49. The summed E-state index contributed by atoms with van der Waals surface area (Å²) in [4.78, 5) is 10.0. The lowest BCUT2D eigenvalue weighted by atomic mass is 10.1. The van der Waals surface area contributed by atoms with E-state index in [0.717, 1.165) is 12.7 Å². The topological polar surface area (TPSA) is 17.1 Å². The number of aldehydes is 1. The molecule has 0 aliphatic heterocycles. The quantitative estimate of drug-likeness (QED) is 0.262. The number of carbonyl (C=O) groups is 1. The van der Waals surface area contributed by atoms with Crippen molar-refractivity contribution in [2.24, 2.45) is 0 Å². The molecular formula is C15H26O. The number of carbonyl (C=O) groups excluding carboxylic acids is 1. The molecule has 0 unspecified atom stereocenters. The molecule has 0 N–H and O–H groups in total. The van der Waals surface area contributed by atoms with Gasteiger partial charge in [0, 0.05) is 6.42 Å². The maximum absolute atomic E-state index is 10.0. The Morgan fingerprint density at radius 3 is 1.88 bits per heavy atom. The molecule has 0 amide bonds. The van der Waals surface area contributed by atoms with Gasteiger partial charge in [0.05, 0.1) is 0 Å². The van der Waals surface area contributed by atoms with Gasteiger partial charge >= 0.3 is 0 Å². The molecule has 0 rings (SSSR count). The molecule has 1 heteroatoms. The van der Waals surface area contributed by atoms with Gasteiger partial charge in [0.15, 0.2) is 0 Å². The van der Waals surface area contributed by atoms with Gasteiger partial charge < -0.3 is 4.79 Å². The molecule has 16 heavy (non-hydrogen) atoms. The van der Waals surface area contributed by atoms with Crippen LogP contribution in [0.3, 0.4) is 0 Å². The Morgan fingerprint density at radius 2 is 1.25 bits per heavy atom. The summed E-state index contributed by atoms with van der Waals surface area (Å²) < 4.78 is 0. The van der Waals surface area contributed by atoms with Crippen LogP contribution in [0.25, 0.3) is 0 Å². The second-order valence-electron chi connectivity index (χ2n) is 4.20. The Balaban J connectivity index is 3.00. The van der Waals surface area contributed by atoms with E-state index >= 15 is 0 Å². The molecule has 0 spiro atoms. The van der Waals surface area contributed by atoms with Gasteiger partial charge in [0.1, 0.15) is 6.29 Å². The molecule has 92 valence electrons. The summed E-state index contributed by atoms with van der Waals surface area (Å²) in [5.74, 6) is 0. The molecule has 0 aromatic carbocycles. The number of rotatable bonds is 12. The summed E-state index contributed by atoms with van der Waals surface area (Å²) in [5.41, 5.74) is 0. The maximum atomic E-state index is 10.0. The third-order valence-electron chi connectivity index (χ3n) is 2.65. The van der Waals surface area contributed by atoms with Gasteiger partial charge in [-0.15, -0.1) is 6.58 Å². The fourth-order valence-corrected chi connectivity index (χ4v) is 1.66. The van der Waals surface area contributed by atoms with E-state index in [9.17, 15) is 4.79 Å². The van der Waals surface area contributed by atoms with E-state index in [1.807, 2.05) is 6.08 Å². The minimum atomic E-state index is 0.666. The SMILES string of the molecule is C=CCCCCCCCC/C=C/CCC=O. The fraction of sp³-hybridized carbons (Fsp3) is 0.667. The van der Waals surface area contributed by atoms with E-state index in [1.165, 1.54) is 51.4 Å². The van der Waals surface area contributed by atoms with Crippen LogP contribution in [0, 0.1) is 0 Å². The Labute approximate surface area is 101 Å². The molecule has 0 aliphatic rings. The standard InChI is InChI=1S/C15H26O/c1-2-3-4-5-6-7-8-9-10-11-12-13-14-15-16/h2,11-12,15H,1,3-10,13-14H2/b12-11+. The van der Waals surface area contributed by atoms with Crippen molar-refractivity contribution < 1.29 is 4.79 Å². The first-order chi connectivity index (χ1) is 7.91. The van der Waals surface area contributed by atoms with Crippen LogP contribution in [0.15, 0.2) is 24.8 Å². The third-order valence-corrected chi connectivity index (χ3v) is 2.65. The highest BCUT2D eigenvalue weighted by Crippen LogP contribution is 2.09. The van der Waals surface area contributed by atoms with E-state index in [0.29, 0.717) is 6.42 Å². The van der Waals surface area contributed by atoms with Gasteiger partial charge in [-0.2, -0.15) is 0 Å². The molecule has 0 aromatic rings.